The fraction of sp³-hybridized carbons (Fsp3) is 0.391. The molecule has 1 fully saturated rings. The van der Waals surface area contributed by atoms with Crippen LogP contribution >= 0.6 is 0 Å². The number of carbonyl (C=O) groups excluding carboxylic acids is 1. The van der Waals surface area contributed by atoms with Crippen LogP contribution in [0.15, 0.2) is 28.3 Å². The van der Waals surface area contributed by atoms with E-state index in [0.29, 0.717) is 24.0 Å². The number of primary amides is 1. The zero-order valence-corrected chi connectivity index (χ0v) is 18.2. The summed E-state index contributed by atoms with van der Waals surface area (Å²) in [6.45, 7) is 3.08. The largest absolute Gasteiger partial charge is 0.433 e. The van der Waals surface area contributed by atoms with Gasteiger partial charge in [-0.3, -0.25) is 4.79 Å². The van der Waals surface area contributed by atoms with E-state index in [1.165, 1.54) is 13.1 Å². The molecule has 3 aliphatic heterocycles. The highest BCUT2D eigenvalue weighted by Gasteiger charge is 2.48. The van der Waals surface area contributed by atoms with Crippen LogP contribution in [0.4, 0.5) is 13.2 Å². The molecular formula is C23H20F3N5O3. The van der Waals surface area contributed by atoms with E-state index in [9.17, 15) is 23.1 Å². The van der Waals surface area contributed by atoms with E-state index in [2.05, 4.69) is 27.0 Å². The predicted molar refractivity (Wildman–Crippen MR) is 116 cm³/mol. The zero-order chi connectivity index (χ0) is 24.4. The Morgan fingerprint density at radius 2 is 2.06 bits per heavy atom. The van der Waals surface area contributed by atoms with Crippen LogP contribution < -0.4 is 5.73 Å². The molecule has 2 bridgehead atoms. The molecule has 1 saturated carbocycles. The van der Waals surface area contributed by atoms with Gasteiger partial charge in [-0.15, -0.1) is 0 Å². The number of halogens is 3. The molecule has 1 aliphatic carbocycles. The van der Waals surface area contributed by atoms with Crippen LogP contribution in [0, 0.1) is 11.8 Å². The van der Waals surface area contributed by atoms with Crippen molar-refractivity contribution in [2.75, 3.05) is 0 Å². The van der Waals surface area contributed by atoms with Crippen molar-refractivity contribution < 1.29 is 27.9 Å². The van der Waals surface area contributed by atoms with Gasteiger partial charge in [0.25, 0.3) is 5.91 Å². The second-order valence-corrected chi connectivity index (χ2v) is 8.83. The Hall–Kier alpha value is -3.65. The summed E-state index contributed by atoms with van der Waals surface area (Å²) in [5.74, 6) is 4.83. The third-order valence-electron chi connectivity index (χ3n) is 6.37. The Balaban J connectivity index is 1.61. The number of aromatic nitrogens is 2. The van der Waals surface area contributed by atoms with Crippen molar-refractivity contribution in [3.8, 4) is 23.2 Å². The van der Waals surface area contributed by atoms with Crippen LogP contribution in [0.3, 0.4) is 0 Å². The maximum Gasteiger partial charge on any atom is 0.433 e. The molecule has 1 amide bonds. The second kappa shape index (κ2) is 7.43. The van der Waals surface area contributed by atoms with Crippen molar-refractivity contribution in [1.29, 1.82) is 0 Å². The van der Waals surface area contributed by atoms with Gasteiger partial charge >= 0.3 is 6.18 Å². The summed E-state index contributed by atoms with van der Waals surface area (Å²) < 4.78 is 42.9. The monoisotopic (exact) mass is 471 g/mol. The van der Waals surface area contributed by atoms with E-state index in [1.807, 2.05) is 6.07 Å². The first-order valence-corrected chi connectivity index (χ1v) is 10.6. The second-order valence-electron chi connectivity index (χ2n) is 8.83. The summed E-state index contributed by atoms with van der Waals surface area (Å²) >= 11 is 0. The highest BCUT2D eigenvalue weighted by Crippen LogP contribution is 2.54. The first kappa shape index (κ1) is 22.2. The number of aliphatic hydroxyl groups is 1. The Labute approximate surface area is 192 Å². The van der Waals surface area contributed by atoms with Crippen molar-refractivity contribution in [1.82, 2.24) is 9.55 Å². The summed E-state index contributed by atoms with van der Waals surface area (Å²) in [7, 11) is 0. The zero-order valence-electron chi connectivity index (χ0n) is 18.2. The van der Waals surface area contributed by atoms with E-state index in [-0.39, 0.29) is 17.6 Å². The molecule has 0 saturated heterocycles. The molecule has 6 rings (SSSR count). The molecule has 0 spiro atoms. The molecule has 1 unspecified atom stereocenters. The maximum atomic E-state index is 13.9. The number of hydrogen-bond donors (Lipinski definition) is 2. The van der Waals surface area contributed by atoms with Gasteiger partial charge in [-0.1, -0.05) is 23.1 Å². The third-order valence-corrected chi connectivity index (χ3v) is 6.37. The number of benzene rings is 1. The third kappa shape index (κ3) is 3.54. The van der Waals surface area contributed by atoms with Crippen molar-refractivity contribution in [2.24, 2.45) is 15.9 Å². The molecule has 1 aromatic carbocycles. The highest BCUT2D eigenvalue weighted by molar-refractivity contribution is 5.93. The minimum absolute atomic E-state index is 0.0494. The normalized spacial score (nSPS) is 24.2. The summed E-state index contributed by atoms with van der Waals surface area (Å²) in [5, 5.41) is 14.5. The van der Waals surface area contributed by atoms with Crippen LogP contribution in [0.1, 0.15) is 66.0 Å². The molecule has 34 heavy (non-hydrogen) atoms. The van der Waals surface area contributed by atoms with Crippen molar-refractivity contribution in [2.45, 2.75) is 56.5 Å². The van der Waals surface area contributed by atoms with Crippen LogP contribution in [0.25, 0.3) is 11.4 Å². The first-order valence-electron chi connectivity index (χ1n) is 10.6. The number of hydrogen-bond acceptors (Lipinski definition) is 6. The lowest BCUT2D eigenvalue weighted by Crippen LogP contribution is -2.39. The Kier molecular flexibility index (Phi) is 4.84. The molecule has 11 heteroatoms. The van der Waals surface area contributed by atoms with Gasteiger partial charge in [-0.05, 0) is 43.4 Å². The summed E-state index contributed by atoms with van der Waals surface area (Å²) in [5.41, 5.74) is 3.57. The first-order chi connectivity index (χ1) is 16.0. The number of nitrogens with two attached hydrogens (primary N) is 1. The average Bonchev–Trinajstić information content (AvgIpc) is 3.02. The number of amides is 1. The topological polar surface area (TPSA) is 115 Å². The van der Waals surface area contributed by atoms with E-state index in [1.54, 1.807) is 19.1 Å². The lowest BCUT2D eigenvalue weighted by Gasteiger charge is -2.35. The van der Waals surface area contributed by atoms with E-state index >= 15 is 0 Å². The van der Waals surface area contributed by atoms with Crippen LogP contribution in [-0.4, -0.2) is 44.3 Å². The Morgan fingerprint density at radius 1 is 1.32 bits per heavy atom. The molecule has 1 aromatic heterocycles. The fourth-order valence-corrected chi connectivity index (χ4v) is 4.62. The van der Waals surface area contributed by atoms with Gasteiger partial charge in [0.2, 0.25) is 5.90 Å². The van der Waals surface area contributed by atoms with Gasteiger partial charge in [0, 0.05) is 24.1 Å². The maximum absolute atomic E-state index is 13.9. The van der Waals surface area contributed by atoms with Crippen molar-refractivity contribution in [3.63, 3.8) is 0 Å². The quantitative estimate of drug-likeness (QED) is 0.655. The SMILES string of the molecule is CC1=NC([C@](C)(O)C#Cc2ccc3c(c2)-c2nc(C(N)=O)c(C(F)(F)F)n2C2CC3C2)C=NO1. The highest BCUT2D eigenvalue weighted by atomic mass is 19.4. The minimum atomic E-state index is -4.79. The molecule has 0 radical (unpaired) electrons. The average molecular weight is 471 g/mol. The number of alkyl halides is 3. The number of aliphatic imine (C=N–C) groups is 1. The van der Waals surface area contributed by atoms with Crippen LogP contribution in [0.5, 0.6) is 0 Å². The summed E-state index contributed by atoms with van der Waals surface area (Å²) in [4.78, 5) is 24.9. The van der Waals surface area contributed by atoms with Gasteiger partial charge < -0.3 is 20.2 Å². The van der Waals surface area contributed by atoms with Gasteiger partial charge in [0.1, 0.15) is 11.9 Å². The number of oxime groups is 1. The van der Waals surface area contributed by atoms with Crippen molar-refractivity contribution in [3.05, 3.63) is 40.7 Å². The van der Waals surface area contributed by atoms with Gasteiger partial charge in [-0.25, -0.2) is 9.98 Å². The lowest BCUT2D eigenvalue weighted by atomic mass is 9.75. The Morgan fingerprint density at radius 3 is 2.71 bits per heavy atom. The summed E-state index contributed by atoms with van der Waals surface area (Å²) in [6, 6.07) is 4.03. The van der Waals surface area contributed by atoms with E-state index < -0.39 is 41.2 Å². The van der Waals surface area contributed by atoms with E-state index in [4.69, 9.17) is 10.6 Å². The fourth-order valence-electron chi connectivity index (χ4n) is 4.62. The van der Waals surface area contributed by atoms with Gasteiger partial charge in [0.05, 0.1) is 6.21 Å². The Bertz CT molecular complexity index is 1320. The molecule has 3 N–H and O–H groups in total. The molecule has 4 heterocycles. The smallest absolute Gasteiger partial charge is 0.375 e. The number of nitrogens with zero attached hydrogens (tertiary/aromatic N) is 4. The molecule has 176 valence electrons. The molecule has 4 aliphatic rings. The molecular weight excluding hydrogens is 451 g/mol. The molecule has 8 nitrogen and oxygen atoms in total. The number of carbonyl (C=O) groups is 1. The van der Waals surface area contributed by atoms with E-state index in [0.717, 1.165) is 10.1 Å². The molecule has 2 aromatic rings. The number of rotatable bonds is 2. The lowest BCUT2D eigenvalue weighted by molar-refractivity contribution is -0.145. The standard InChI is InChI=1S/C23H20F3N5O3/c1-11-29-17(10-28-34-11)22(2,33)6-5-12-3-4-15-13-8-14(9-13)31-19(23(24,25)26)18(20(27)32)30-21(31)16(15)7-12/h3-4,7,10,13-14,17,33H,8-9H2,1-2H3,(H2,27,32)/t13?,14?,17?,22-/m1/s1. The molecule has 2 atom stereocenters. The number of imidazole rings is 1. The van der Waals surface area contributed by atoms with Gasteiger partial charge in [-0.2, -0.15) is 13.2 Å². The van der Waals surface area contributed by atoms with Gasteiger partial charge in [0.15, 0.2) is 17.0 Å². The summed E-state index contributed by atoms with van der Waals surface area (Å²) in [6.07, 6.45) is -2.42. The van der Waals surface area contributed by atoms with Crippen molar-refractivity contribution >= 4 is 18.0 Å². The van der Waals surface area contributed by atoms with Crippen LogP contribution in [-0.2, 0) is 11.0 Å². The minimum Gasteiger partial charge on any atom is -0.375 e. The predicted octanol–water partition coefficient (Wildman–Crippen LogP) is 3.01. The van der Waals surface area contributed by atoms with Crippen LogP contribution in [0.2, 0.25) is 0 Å².